The number of ketones is 1. The number of aliphatic carboxylic acids is 1. The van der Waals surface area contributed by atoms with Gasteiger partial charge in [-0.15, -0.1) is 0 Å². The van der Waals surface area contributed by atoms with E-state index in [9.17, 15) is 14.7 Å². The Hall–Kier alpha value is -1.78. The summed E-state index contributed by atoms with van der Waals surface area (Å²) in [7, 11) is 0. The fourth-order valence-corrected chi connectivity index (χ4v) is 2.74. The Kier molecular flexibility index (Phi) is 2.92. The van der Waals surface area contributed by atoms with E-state index in [0.29, 0.717) is 5.57 Å². The molecule has 0 saturated carbocycles. The predicted molar refractivity (Wildman–Crippen MR) is 60.1 cm³/mol. The van der Waals surface area contributed by atoms with Crippen LogP contribution in [0.5, 0.6) is 0 Å². The van der Waals surface area contributed by atoms with Crippen molar-refractivity contribution in [2.45, 2.75) is 26.9 Å². The molecule has 0 amide bonds. The van der Waals surface area contributed by atoms with E-state index in [1.54, 1.807) is 6.92 Å². The summed E-state index contributed by atoms with van der Waals surface area (Å²) in [6.45, 7) is 5.45. The van der Waals surface area contributed by atoms with Crippen molar-refractivity contribution in [3.63, 3.8) is 0 Å². The summed E-state index contributed by atoms with van der Waals surface area (Å²) >= 11 is 0. The molecule has 0 spiro atoms. The minimum Gasteiger partial charge on any atom is -0.872 e. The zero-order chi connectivity index (χ0) is 13.6. The third kappa shape index (κ3) is 1.62. The maximum Gasteiger partial charge on any atom is 0.338 e. The van der Waals surface area contributed by atoms with Crippen LogP contribution < -0.4 is 5.11 Å². The smallest absolute Gasteiger partial charge is 0.338 e. The van der Waals surface area contributed by atoms with Gasteiger partial charge in [0.1, 0.15) is 0 Å². The zero-order valence-electron chi connectivity index (χ0n) is 10.5. The maximum absolute atomic E-state index is 12.0. The minimum atomic E-state index is -1.46. The molecule has 4 atom stereocenters. The number of Topliss-reactive ketones (excluding diaryl/α,β-unsaturated/α-hetero) is 1. The molecule has 5 nitrogen and oxygen atoms in total. The molecule has 98 valence electrons. The van der Waals surface area contributed by atoms with Gasteiger partial charge in [0.2, 0.25) is 0 Å². The lowest BCUT2D eigenvalue weighted by atomic mass is 9.68. The van der Waals surface area contributed by atoms with Crippen molar-refractivity contribution in [2.24, 2.45) is 17.8 Å². The van der Waals surface area contributed by atoms with Crippen molar-refractivity contribution >= 4 is 11.8 Å². The van der Waals surface area contributed by atoms with Gasteiger partial charge >= 0.3 is 5.97 Å². The van der Waals surface area contributed by atoms with E-state index < -0.39 is 29.0 Å². The molecule has 0 aromatic heterocycles. The number of allylic oxidation sites excluding steroid dienone is 1. The lowest BCUT2D eigenvalue weighted by molar-refractivity contribution is -0.302. The second-order valence-corrected chi connectivity index (χ2v) is 4.96. The summed E-state index contributed by atoms with van der Waals surface area (Å²) in [5, 5.41) is 21.0. The van der Waals surface area contributed by atoms with Crippen LogP contribution in [0.3, 0.4) is 0 Å². The molecule has 0 fully saturated rings. The van der Waals surface area contributed by atoms with Crippen molar-refractivity contribution in [3.8, 4) is 0 Å². The SMILES string of the molecule is CC1OC=C2C([O-])=C(C(=O)O)C(=O)C(C)C2C1C. The number of carboxylic acids is 1. The number of fused-ring (bicyclic) bond motifs is 1. The molecule has 4 unspecified atom stereocenters. The molecule has 1 aliphatic carbocycles. The first kappa shape index (κ1) is 12.7. The first-order chi connectivity index (χ1) is 8.36. The second-order valence-electron chi connectivity index (χ2n) is 4.96. The van der Waals surface area contributed by atoms with Gasteiger partial charge in [0.15, 0.2) is 5.78 Å². The molecule has 2 aliphatic rings. The van der Waals surface area contributed by atoms with Crippen LogP contribution in [0.15, 0.2) is 23.2 Å². The van der Waals surface area contributed by atoms with Crippen molar-refractivity contribution in [1.82, 2.24) is 0 Å². The molecule has 18 heavy (non-hydrogen) atoms. The molecule has 0 aromatic carbocycles. The van der Waals surface area contributed by atoms with Gasteiger partial charge in [-0.3, -0.25) is 4.79 Å². The number of carbonyl (C=O) groups is 2. The van der Waals surface area contributed by atoms with Gasteiger partial charge in [0.05, 0.1) is 17.9 Å². The fourth-order valence-electron chi connectivity index (χ4n) is 2.74. The van der Waals surface area contributed by atoms with E-state index in [4.69, 9.17) is 9.84 Å². The highest BCUT2D eigenvalue weighted by Crippen LogP contribution is 2.42. The van der Waals surface area contributed by atoms with E-state index in [-0.39, 0.29) is 17.9 Å². The largest absolute Gasteiger partial charge is 0.872 e. The van der Waals surface area contributed by atoms with Gasteiger partial charge in [-0.25, -0.2) is 4.79 Å². The highest BCUT2D eigenvalue weighted by atomic mass is 16.5. The third-order valence-corrected chi connectivity index (χ3v) is 3.98. The lowest BCUT2D eigenvalue weighted by Crippen LogP contribution is -2.44. The van der Waals surface area contributed by atoms with Gasteiger partial charge in [-0.1, -0.05) is 19.6 Å². The van der Waals surface area contributed by atoms with Crippen LogP contribution in [0.4, 0.5) is 0 Å². The number of carboxylic acid groups (broad SMARTS) is 1. The average Bonchev–Trinajstić information content (AvgIpc) is 2.29. The molecule has 2 rings (SSSR count). The number of hydrogen-bond donors (Lipinski definition) is 1. The molecule has 0 aromatic rings. The summed E-state index contributed by atoms with van der Waals surface area (Å²) in [4.78, 5) is 23.0. The highest BCUT2D eigenvalue weighted by Gasteiger charge is 2.43. The molecule has 1 heterocycles. The summed E-state index contributed by atoms with van der Waals surface area (Å²) in [5.74, 6) is -3.48. The summed E-state index contributed by atoms with van der Waals surface area (Å²) in [6, 6.07) is 0. The van der Waals surface area contributed by atoms with Crippen LogP contribution in [0.2, 0.25) is 0 Å². The van der Waals surface area contributed by atoms with Crippen LogP contribution in [-0.4, -0.2) is 23.0 Å². The van der Waals surface area contributed by atoms with Crippen LogP contribution in [0, 0.1) is 17.8 Å². The minimum absolute atomic E-state index is 0.00300. The molecule has 1 aliphatic heterocycles. The number of carbonyl (C=O) groups excluding carboxylic acids is 1. The van der Waals surface area contributed by atoms with Gasteiger partial charge in [-0.05, 0) is 12.5 Å². The number of ether oxygens (including phenoxy) is 1. The van der Waals surface area contributed by atoms with Gasteiger partial charge < -0.3 is 14.9 Å². The Morgan fingerprint density at radius 2 is 2.00 bits per heavy atom. The first-order valence-corrected chi connectivity index (χ1v) is 5.91. The Morgan fingerprint density at radius 1 is 1.39 bits per heavy atom. The van der Waals surface area contributed by atoms with Gasteiger partial charge in [0.25, 0.3) is 0 Å². The molecule has 0 bridgehead atoms. The van der Waals surface area contributed by atoms with Crippen LogP contribution in [0.25, 0.3) is 0 Å². The number of hydrogen-bond acceptors (Lipinski definition) is 4. The quantitative estimate of drug-likeness (QED) is 0.684. The monoisotopic (exact) mass is 251 g/mol. The lowest BCUT2D eigenvalue weighted by Gasteiger charge is -2.43. The topological polar surface area (TPSA) is 86.7 Å². The Bertz CT molecular complexity index is 474. The molecule has 0 radical (unpaired) electrons. The summed E-state index contributed by atoms with van der Waals surface area (Å²) < 4.78 is 5.34. The highest BCUT2D eigenvalue weighted by molar-refractivity contribution is 6.19. The average molecular weight is 251 g/mol. The van der Waals surface area contributed by atoms with Crippen LogP contribution >= 0.6 is 0 Å². The van der Waals surface area contributed by atoms with E-state index >= 15 is 0 Å². The van der Waals surface area contributed by atoms with Crippen LogP contribution in [-0.2, 0) is 14.3 Å². The van der Waals surface area contributed by atoms with Crippen molar-refractivity contribution in [1.29, 1.82) is 0 Å². The fraction of sp³-hybridized carbons (Fsp3) is 0.538. The molecular formula is C13H15O5-. The van der Waals surface area contributed by atoms with E-state index in [1.165, 1.54) is 6.26 Å². The predicted octanol–water partition coefficient (Wildman–Crippen LogP) is 0.459. The normalized spacial score (nSPS) is 35.7. The zero-order valence-corrected chi connectivity index (χ0v) is 10.5. The first-order valence-electron chi connectivity index (χ1n) is 5.91. The summed E-state index contributed by atoms with van der Waals surface area (Å²) in [5.41, 5.74) is -0.333. The van der Waals surface area contributed by atoms with Gasteiger partial charge in [0, 0.05) is 17.8 Å². The second kappa shape index (κ2) is 4.15. The Labute approximate surface area is 105 Å². The van der Waals surface area contributed by atoms with E-state index in [1.807, 2.05) is 13.8 Å². The standard InChI is InChI=1S/C13H16O5/c1-5-7(3)18-4-8-9(5)6(2)11(14)10(12(8)15)13(16)17/h4-7,9,15H,1-3H3,(H,16,17)/p-1. The maximum atomic E-state index is 12.0. The third-order valence-electron chi connectivity index (χ3n) is 3.98. The van der Waals surface area contributed by atoms with E-state index in [0.717, 1.165) is 0 Å². The molecule has 0 saturated heterocycles. The van der Waals surface area contributed by atoms with Crippen molar-refractivity contribution < 1.29 is 24.5 Å². The van der Waals surface area contributed by atoms with Crippen LogP contribution in [0.1, 0.15) is 20.8 Å². The Morgan fingerprint density at radius 3 is 2.56 bits per heavy atom. The molecular weight excluding hydrogens is 236 g/mol. The van der Waals surface area contributed by atoms with Crippen molar-refractivity contribution in [3.05, 3.63) is 23.2 Å². The molecule has 1 N–H and O–H groups in total. The van der Waals surface area contributed by atoms with Crippen molar-refractivity contribution in [2.75, 3.05) is 0 Å². The summed E-state index contributed by atoms with van der Waals surface area (Å²) in [6.07, 6.45) is 1.23. The molecule has 5 heteroatoms. The Balaban J connectivity index is 2.58. The van der Waals surface area contributed by atoms with E-state index in [2.05, 4.69) is 0 Å². The number of rotatable bonds is 1. The van der Waals surface area contributed by atoms with Gasteiger partial charge in [-0.2, -0.15) is 0 Å².